The standard InChI is InChI=1S/C38H32O4/c1-24-13-15-26(16-19-33(39)27-9-5-3-6-10-27)29(21-24)17-20-35-36-31-22-25(2)14-18-30(31)32(37(36)38(41)42-35)23-34(40)28-11-7-4-8-12-28/h3-22,32,35-37H,23H2,1-2H3/b19-16+,20-17+/t32-,35+,36-,37-/m0/s1. The Morgan fingerprint density at radius 2 is 1.38 bits per heavy atom. The van der Waals surface area contributed by atoms with Crippen molar-refractivity contribution in [2.45, 2.75) is 38.2 Å². The fraction of sp³-hybridized carbons (Fsp3) is 0.184. The molecule has 0 unspecified atom stereocenters. The zero-order valence-corrected chi connectivity index (χ0v) is 23.7. The smallest absolute Gasteiger partial charge is 0.310 e. The lowest BCUT2D eigenvalue weighted by Crippen LogP contribution is -2.19. The van der Waals surface area contributed by atoms with Crippen LogP contribution in [0.4, 0.5) is 0 Å². The molecule has 0 spiro atoms. The fourth-order valence-electron chi connectivity index (χ4n) is 6.33. The molecule has 1 aliphatic carbocycles. The molecule has 0 saturated carbocycles. The predicted octanol–water partition coefficient (Wildman–Crippen LogP) is 7.91. The van der Waals surface area contributed by atoms with E-state index in [1.54, 1.807) is 18.2 Å². The molecular weight excluding hydrogens is 520 g/mol. The lowest BCUT2D eigenvalue weighted by molar-refractivity contribution is -0.143. The average molecular weight is 553 g/mol. The predicted molar refractivity (Wildman–Crippen MR) is 165 cm³/mol. The highest BCUT2D eigenvalue weighted by molar-refractivity contribution is 6.07. The number of rotatable bonds is 8. The van der Waals surface area contributed by atoms with Gasteiger partial charge < -0.3 is 4.74 Å². The van der Waals surface area contributed by atoms with Crippen molar-refractivity contribution in [3.63, 3.8) is 0 Å². The number of hydrogen-bond acceptors (Lipinski definition) is 4. The number of cyclic esters (lactones) is 1. The van der Waals surface area contributed by atoms with Crippen LogP contribution in [0.1, 0.15) is 72.4 Å². The van der Waals surface area contributed by atoms with Gasteiger partial charge >= 0.3 is 5.97 Å². The molecule has 1 aliphatic heterocycles. The molecule has 0 aromatic heterocycles. The first-order valence-electron chi connectivity index (χ1n) is 14.3. The molecule has 42 heavy (non-hydrogen) atoms. The van der Waals surface area contributed by atoms with Crippen LogP contribution in [0.15, 0.2) is 109 Å². The van der Waals surface area contributed by atoms with Gasteiger partial charge in [0.25, 0.3) is 0 Å². The number of fused-ring (bicyclic) bond motifs is 3. The topological polar surface area (TPSA) is 60.4 Å². The summed E-state index contributed by atoms with van der Waals surface area (Å²) < 4.78 is 5.98. The van der Waals surface area contributed by atoms with Crippen LogP contribution in [-0.4, -0.2) is 23.6 Å². The number of hydrogen-bond donors (Lipinski definition) is 0. The van der Waals surface area contributed by atoms with Gasteiger partial charge in [-0.05, 0) is 48.3 Å². The molecule has 0 radical (unpaired) electrons. The first-order valence-corrected chi connectivity index (χ1v) is 14.3. The number of carbonyl (C=O) groups excluding carboxylic acids is 3. The zero-order chi connectivity index (χ0) is 29.2. The largest absolute Gasteiger partial charge is 0.457 e. The fourth-order valence-corrected chi connectivity index (χ4v) is 6.33. The molecule has 4 aromatic carbocycles. The molecule has 4 nitrogen and oxygen atoms in total. The van der Waals surface area contributed by atoms with Crippen LogP contribution in [0, 0.1) is 19.8 Å². The number of benzene rings is 4. The maximum Gasteiger partial charge on any atom is 0.310 e. The summed E-state index contributed by atoms with van der Waals surface area (Å²) in [6.45, 7) is 4.07. The SMILES string of the molecule is Cc1ccc(/C=C/C(=O)c2ccccc2)c(/C=C/[C@H]2OC(=O)[C@@H]3[C@H]2c2cc(C)ccc2[C@@H]3CC(=O)c2ccccc2)c1. The summed E-state index contributed by atoms with van der Waals surface area (Å²) >= 11 is 0. The maximum absolute atomic E-state index is 13.4. The molecule has 1 saturated heterocycles. The summed E-state index contributed by atoms with van der Waals surface area (Å²) in [6, 6.07) is 30.8. The van der Waals surface area contributed by atoms with Gasteiger partial charge in [-0.25, -0.2) is 0 Å². The van der Waals surface area contributed by atoms with E-state index in [0.29, 0.717) is 11.1 Å². The zero-order valence-electron chi connectivity index (χ0n) is 23.7. The Labute approximate surface area is 246 Å². The van der Waals surface area contributed by atoms with Crippen molar-refractivity contribution >= 4 is 29.7 Å². The number of Topliss-reactive ketones (excluding diaryl/α,β-unsaturated/α-hetero) is 1. The van der Waals surface area contributed by atoms with E-state index >= 15 is 0 Å². The summed E-state index contributed by atoms with van der Waals surface area (Å²) in [7, 11) is 0. The second kappa shape index (κ2) is 11.6. The highest BCUT2D eigenvalue weighted by atomic mass is 16.6. The first kappa shape index (κ1) is 27.3. The van der Waals surface area contributed by atoms with Gasteiger partial charge in [0, 0.05) is 29.4 Å². The number of ketones is 2. The third-order valence-corrected chi connectivity index (χ3v) is 8.38. The van der Waals surface area contributed by atoms with E-state index in [2.05, 4.69) is 24.3 Å². The minimum absolute atomic E-state index is 0.0285. The molecule has 0 amide bonds. The summed E-state index contributed by atoms with van der Waals surface area (Å²) in [5, 5.41) is 0. The Bertz CT molecular complexity index is 1710. The number of allylic oxidation sites excluding steroid dienone is 1. The van der Waals surface area contributed by atoms with Crippen LogP contribution in [0.5, 0.6) is 0 Å². The number of aryl methyl sites for hydroxylation is 2. The lowest BCUT2D eigenvalue weighted by Gasteiger charge is -2.16. The second-order valence-electron chi connectivity index (χ2n) is 11.2. The molecule has 0 bridgehead atoms. The Kier molecular flexibility index (Phi) is 7.54. The number of carbonyl (C=O) groups is 3. The van der Waals surface area contributed by atoms with E-state index in [-0.39, 0.29) is 35.8 Å². The van der Waals surface area contributed by atoms with Crippen LogP contribution in [0.25, 0.3) is 12.2 Å². The van der Waals surface area contributed by atoms with Gasteiger partial charge in [0.1, 0.15) is 6.10 Å². The van der Waals surface area contributed by atoms with E-state index in [1.165, 1.54) is 0 Å². The highest BCUT2D eigenvalue weighted by Gasteiger charge is 2.54. The van der Waals surface area contributed by atoms with Crippen LogP contribution in [0.3, 0.4) is 0 Å². The van der Waals surface area contributed by atoms with Gasteiger partial charge in [0.05, 0.1) is 5.92 Å². The van der Waals surface area contributed by atoms with Gasteiger partial charge in [-0.2, -0.15) is 0 Å². The highest BCUT2D eigenvalue weighted by Crippen LogP contribution is 2.55. The third kappa shape index (κ3) is 5.40. The van der Waals surface area contributed by atoms with Gasteiger partial charge in [-0.1, -0.05) is 120 Å². The van der Waals surface area contributed by atoms with Crippen molar-refractivity contribution in [2.24, 2.45) is 5.92 Å². The monoisotopic (exact) mass is 552 g/mol. The summed E-state index contributed by atoms with van der Waals surface area (Å²) in [5.74, 6) is -1.10. The van der Waals surface area contributed by atoms with Crippen LogP contribution in [0.2, 0.25) is 0 Å². The van der Waals surface area contributed by atoms with Crippen molar-refractivity contribution in [1.82, 2.24) is 0 Å². The Morgan fingerprint density at radius 3 is 2.12 bits per heavy atom. The molecule has 1 fully saturated rings. The third-order valence-electron chi connectivity index (χ3n) is 8.38. The van der Waals surface area contributed by atoms with Crippen LogP contribution < -0.4 is 0 Å². The minimum atomic E-state index is -0.455. The molecule has 4 atom stereocenters. The number of esters is 1. The van der Waals surface area contributed by atoms with Crippen molar-refractivity contribution in [3.8, 4) is 0 Å². The molecule has 1 heterocycles. The van der Waals surface area contributed by atoms with Gasteiger partial charge in [-0.3, -0.25) is 14.4 Å². The lowest BCUT2D eigenvalue weighted by atomic mass is 9.82. The first-order chi connectivity index (χ1) is 20.4. The Hall–Kier alpha value is -4.83. The molecular formula is C38H32O4. The minimum Gasteiger partial charge on any atom is -0.457 e. The Morgan fingerprint density at radius 1 is 0.714 bits per heavy atom. The summed E-state index contributed by atoms with van der Waals surface area (Å²) in [4.78, 5) is 39.3. The molecule has 6 rings (SSSR count). The molecule has 2 aliphatic rings. The van der Waals surface area contributed by atoms with Gasteiger partial charge in [0.2, 0.25) is 0 Å². The van der Waals surface area contributed by atoms with E-state index < -0.39 is 12.0 Å². The van der Waals surface area contributed by atoms with Crippen molar-refractivity contribution < 1.29 is 19.1 Å². The number of ether oxygens (including phenoxy) is 1. The van der Waals surface area contributed by atoms with Crippen molar-refractivity contribution in [2.75, 3.05) is 0 Å². The molecule has 208 valence electrons. The average Bonchev–Trinajstić information content (AvgIpc) is 3.50. The van der Waals surface area contributed by atoms with Gasteiger partial charge in [-0.15, -0.1) is 0 Å². The van der Waals surface area contributed by atoms with E-state index in [0.717, 1.165) is 33.4 Å². The van der Waals surface area contributed by atoms with Crippen LogP contribution >= 0.6 is 0 Å². The van der Waals surface area contributed by atoms with Gasteiger partial charge in [0.15, 0.2) is 11.6 Å². The normalized spacial score (nSPS) is 21.0. The maximum atomic E-state index is 13.4. The van der Waals surface area contributed by atoms with Crippen molar-refractivity contribution in [3.05, 3.63) is 154 Å². The second-order valence-corrected chi connectivity index (χ2v) is 11.2. The van der Waals surface area contributed by atoms with E-state index in [4.69, 9.17) is 4.74 Å². The molecule has 0 N–H and O–H groups in total. The Balaban J connectivity index is 1.29. The molecule has 4 heteroatoms. The van der Waals surface area contributed by atoms with Crippen molar-refractivity contribution in [1.29, 1.82) is 0 Å². The summed E-state index contributed by atoms with van der Waals surface area (Å²) in [5.41, 5.74) is 7.47. The molecule has 4 aromatic rings. The quantitative estimate of drug-likeness (QED) is 0.127. The van der Waals surface area contributed by atoms with E-state index in [9.17, 15) is 14.4 Å². The summed E-state index contributed by atoms with van der Waals surface area (Å²) in [6.07, 6.45) is 7.17. The van der Waals surface area contributed by atoms with E-state index in [1.807, 2.05) is 92.7 Å². The van der Waals surface area contributed by atoms with Crippen LogP contribution in [-0.2, 0) is 9.53 Å².